The Morgan fingerprint density at radius 2 is 2.27 bits per heavy atom. The average molecular weight is 323 g/mol. The Kier molecular flexibility index (Phi) is 3.45. The molecule has 0 spiro atoms. The SMILES string of the molecule is CN(Cc1nc2ccc(F)cc2[nH]1)C(=O)c1[nH]nc(N)c1Cl. The molecule has 1 aromatic carbocycles. The van der Waals surface area contributed by atoms with Crippen molar-refractivity contribution in [3.05, 3.63) is 40.6 Å². The Morgan fingerprint density at radius 3 is 2.95 bits per heavy atom. The average Bonchev–Trinajstić information content (AvgIpc) is 3.01. The second kappa shape index (κ2) is 5.30. The van der Waals surface area contributed by atoms with Crippen LogP contribution in [0, 0.1) is 5.82 Å². The van der Waals surface area contributed by atoms with E-state index in [0.29, 0.717) is 16.9 Å². The minimum Gasteiger partial charge on any atom is -0.381 e. The summed E-state index contributed by atoms with van der Waals surface area (Å²) in [5, 5.41) is 6.26. The minimum atomic E-state index is -0.374. The van der Waals surface area contributed by atoms with Crippen LogP contribution < -0.4 is 5.73 Å². The molecule has 2 aromatic heterocycles. The maximum absolute atomic E-state index is 13.2. The highest BCUT2D eigenvalue weighted by atomic mass is 35.5. The Hall–Kier alpha value is -2.61. The fourth-order valence-electron chi connectivity index (χ4n) is 2.08. The first-order chi connectivity index (χ1) is 10.5. The number of anilines is 1. The Bertz CT molecular complexity index is 857. The Balaban J connectivity index is 1.81. The first-order valence-electron chi connectivity index (χ1n) is 6.34. The van der Waals surface area contributed by atoms with E-state index >= 15 is 0 Å². The summed E-state index contributed by atoms with van der Waals surface area (Å²) >= 11 is 5.90. The van der Waals surface area contributed by atoms with Gasteiger partial charge < -0.3 is 15.6 Å². The van der Waals surface area contributed by atoms with Crippen molar-refractivity contribution in [2.45, 2.75) is 6.54 Å². The molecule has 0 unspecified atom stereocenters. The van der Waals surface area contributed by atoms with E-state index in [1.54, 1.807) is 13.1 Å². The molecule has 9 heteroatoms. The predicted molar refractivity (Wildman–Crippen MR) is 79.9 cm³/mol. The number of nitrogens with zero attached hydrogens (tertiary/aromatic N) is 3. The zero-order valence-corrected chi connectivity index (χ0v) is 12.3. The van der Waals surface area contributed by atoms with Crippen LogP contribution in [0.5, 0.6) is 0 Å². The number of amides is 1. The van der Waals surface area contributed by atoms with Crippen LogP contribution in [0.2, 0.25) is 5.02 Å². The number of nitrogens with two attached hydrogens (primary N) is 1. The van der Waals surface area contributed by atoms with Crippen LogP contribution in [-0.4, -0.2) is 38.0 Å². The molecule has 1 amide bonds. The van der Waals surface area contributed by atoms with Gasteiger partial charge in [-0.15, -0.1) is 0 Å². The van der Waals surface area contributed by atoms with Crippen LogP contribution in [-0.2, 0) is 6.54 Å². The lowest BCUT2D eigenvalue weighted by Crippen LogP contribution is -2.27. The van der Waals surface area contributed by atoms with Crippen molar-refractivity contribution < 1.29 is 9.18 Å². The normalized spacial score (nSPS) is 11.0. The van der Waals surface area contributed by atoms with Gasteiger partial charge in [0, 0.05) is 7.05 Å². The molecule has 0 aliphatic carbocycles. The first-order valence-corrected chi connectivity index (χ1v) is 6.72. The van der Waals surface area contributed by atoms with E-state index in [2.05, 4.69) is 20.2 Å². The van der Waals surface area contributed by atoms with Crippen LogP contribution in [0.25, 0.3) is 11.0 Å². The number of nitrogens with one attached hydrogen (secondary N) is 2. The first kappa shape index (κ1) is 14.3. The molecule has 3 rings (SSSR count). The molecule has 0 radical (unpaired) electrons. The monoisotopic (exact) mass is 322 g/mol. The number of halogens is 2. The van der Waals surface area contributed by atoms with Gasteiger partial charge in [0.1, 0.15) is 22.4 Å². The molecular weight excluding hydrogens is 311 g/mol. The van der Waals surface area contributed by atoms with Crippen LogP contribution in [0.4, 0.5) is 10.2 Å². The van der Waals surface area contributed by atoms with E-state index in [9.17, 15) is 9.18 Å². The zero-order chi connectivity index (χ0) is 15.9. The Labute approximate surface area is 129 Å². The molecule has 0 atom stereocenters. The number of hydrogen-bond donors (Lipinski definition) is 3. The third-order valence-corrected chi connectivity index (χ3v) is 3.56. The number of nitrogen functional groups attached to an aromatic ring is 1. The number of carbonyl (C=O) groups excluding carboxylic acids is 1. The largest absolute Gasteiger partial charge is 0.381 e. The van der Waals surface area contributed by atoms with Crippen molar-refractivity contribution in [2.75, 3.05) is 12.8 Å². The number of hydrogen-bond acceptors (Lipinski definition) is 4. The molecule has 3 aromatic rings. The predicted octanol–water partition coefficient (Wildman–Crippen LogP) is 1.93. The summed E-state index contributed by atoms with van der Waals surface area (Å²) in [4.78, 5) is 20.9. The minimum absolute atomic E-state index is 0.0672. The van der Waals surface area contributed by atoms with Gasteiger partial charge in [0.2, 0.25) is 0 Å². The molecule has 2 heterocycles. The quantitative estimate of drug-likeness (QED) is 0.685. The third kappa shape index (κ3) is 2.48. The van der Waals surface area contributed by atoms with Gasteiger partial charge in [-0.05, 0) is 18.2 Å². The second-order valence-corrected chi connectivity index (χ2v) is 5.18. The number of H-pyrrole nitrogens is 2. The van der Waals surface area contributed by atoms with E-state index in [0.717, 1.165) is 0 Å². The highest BCUT2D eigenvalue weighted by Crippen LogP contribution is 2.21. The fraction of sp³-hybridized carbons (Fsp3) is 0.154. The van der Waals surface area contributed by atoms with Gasteiger partial charge in [-0.3, -0.25) is 9.89 Å². The van der Waals surface area contributed by atoms with E-state index in [1.165, 1.54) is 17.0 Å². The third-order valence-electron chi connectivity index (χ3n) is 3.17. The van der Waals surface area contributed by atoms with Crippen molar-refractivity contribution in [1.29, 1.82) is 0 Å². The topological polar surface area (TPSA) is 104 Å². The zero-order valence-electron chi connectivity index (χ0n) is 11.5. The Morgan fingerprint density at radius 1 is 1.50 bits per heavy atom. The smallest absolute Gasteiger partial charge is 0.273 e. The molecule has 0 fully saturated rings. The summed E-state index contributed by atoms with van der Waals surface area (Å²) in [6.45, 7) is 0.199. The number of rotatable bonds is 3. The summed E-state index contributed by atoms with van der Waals surface area (Å²) < 4.78 is 13.2. The van der Waals surface area contributed by atoms with Gasteiger partial charge in [-0.2, -0.15) is 5.10 Å². The number of fused-ring (bicyclic) bond motifs is 1. The molecule has 22 heavy (non-hydrogen) atoms. The van der Waals surface area contributed by atoms with E-state index in [1.807, 2.05) is 0 Å². The van der Waals surface area contributed by atoms with Gasteiger partial charge in [0.25, 0.3) is 5.91 Å². The molecule has 0 saturated heterocycles. The molecule has 7 nitrogen and oxygen atoms in total. The van der Waals surface area contributed by atoms with E-state index < -0.39 is 0 Å². The lowest BCUT2D eigenvalue weighted by molar-refractivity contribution is 0.0776. The van der Waals surface area contributed by atoms with E-state index in [4.69, 9.17) is 17.3 Å². The molecule has 4 N–H and O–H groups in total. The van der Waals surface area contributed by atoms with Gasteiger partial charge >= 0.3 is 0 Å². The number of imidazole rings is 1. The van der Waals surface area contributed by atoms with Crippen molar-refractivity contribution in [3.63, 3.8) is 0 Å². The summed E-state index contributed by atoms with van der Waals surface area (Å²) in [7, 11) is 1.59. The maximum atomic E-state index is 13.2. The standard InChI is InChI=1S/C13H12ClFN6O/c1-21(13(22)11-10(14)12(16)20-19-11)5-9-17-7-3-2-6(15)4-8(7)18-9/h2-4H,5H2,1H3,(H,17,18)(H3,16,19,20). The van der Waals surface area contributed by atoms with Crippen molar-refractivity contribution in [3.8, 4) is 0 Å². The summed E-state index contributed by atoms with van der Waals surface area (Å²) in [6.07, 6.45) is 0. The highest BCUT2D eigenvalue weighted by molar-refractivity contribution is 6.35. The molecule has 0 bridgehead atoms. The van der Waals surface area contributed by atoms with Crippen molar-refractivity contribution in [2.24, 2.45) is 0 Å². The number of aromatic nitrogens is 4. The van der Waals surface area contributed by atoms with Crippen molar-refractivity contribution >= 4 is 34.4 Å². The van der Waals surface area contributed by atoms with E-state index in [-0.39, 0.29) is 34.8 Å². The van der Waals surface area contributed by atoms with Gasteiger partial charge in [-0.1, -0.05) is 11.6 Å². The molecule has 114 valence electrons. The lowest BCUT2D eigenvalue weighted by atomic mass is 10.3. The van der Waals surface area contributed by atoms with Crippen LogP contribution in [0.1, 0.15) is 16.3 Å². The van der Waals surface area contributed by atoms with Gasteiger partial charge in [0.05, 0.1) is 17.6 Å². The lowest BCUT2D eigenvalue weighted by Gasteiger charge is -2.14. The summed E-state index contributed by atoms with van der Waals surface area (Å²) in [5.74, 6) is -0.134. The molecule has 0 saturated carbocycles. The summed E-state index contributed by atoms with van der Waals surface area (Å²) in [6, 6.07) is 4.24. The fourth-order valence-corrected chi connectivity index (χ4v) is 2.25. The highest BCUT2D eigenvalue weighted by Gasteiger charge is 2.20. The van der Waals surface area contributed by atoms with Crippen LogP contribution in [0.15, 0.2) is 18.2 Å². The van der Waals surface area contributed by atoms with Crippen LogP contribution in [0.3, 0.4) is 0 Å². The molecular formula is C13H12ClFN6O. The van der Waals surface area contributed by atoms with Gasteiger partial charge in [-0.25, -0.2) is 9.37 Å². The number of benzene rings is 1. The summed E-state index contributed by atoms with van der Waals surface area (Å²) in [5.41, 5.74) is 6.81. The second-order valence-electron chi connectivity index (χ2n) is 4.80. The van der Waals surface area contributed by atoms with Crippen molar-refractivity contribution in [1.82, 2.24) is 25.1 Å². The number of carbonyl (C=O) groups is 1. The molecule has 0 aliphatic rings. The number of aromatic amines is 2. The maximum Gasteiger partial charge on any atom is 0.273 e. The van der Waals surface area contributed by atoms with Gasteiger partial charge in [0.15, 0.2) is 5.82 Å². The van der Waals surface area contributed by atoms with Crippen LogP contribution >= 0.6 is 11.6 Å². The molecule has 0 aliphatic heterocycles.